The van der Waals surface area contributed by atoms with Crippen molar-refractivity contribution in [3.8, 4) is 23.3 Å². The maximum absolute atomic E-state index is 10.8. The van der Waals surface area contributed by atoms with Crippen LogP contribution in [0.1, 0.15) is 27.0 Å². The highest BCUT2D eigenvalue weighted by molar-refractivity contribution is 6.02. The largest absolute Gasteiger partial charge is 0.380 e. The number of ether oxygens (including phenoxy) is 1. The monoisotopic (exact) mass is 378 g/mol. The summed E-state index contributed by atoms with van der Waals surface area (Å²) in [5.74, 6) is 0. The average molecular weight is 378 g/mol. The van der Waals surface area contributed by atoms with Crippen LogP contribution in [0.5, 0.6) is 0 Å². The summed E-state index contributed by atoms with van der Waals surface area (Å²) in [5, 5.41) is 19.4. The van der Waals surface area contributed by atoms with Crippen molar-refractivity contribution < 1.29 is 9.53 Å². The Balaban J connectivity index is 1.96. The van der Waals surface area contributed by atoms with Crippen molar-refractivity contribution in [3.05, 3.63) is 95.1 Å². The SMILES string of the molecule is COCc1ccc(/C(C#N)=C(\C#N)c2ccc(-c3ccc(C=O)cc3)cc2)cc1. The Labute approximate surface area is 169 Å². The Hall–Kier alpha value is -3.99. The minimum Gasteiger partial charge on any atom is -0.380 e. The molecule has 0 aromatic heterocycles. The highest BCUT2D eigenvalue weighted by Crippen LogP contribution is 2.28. The third-order valence-electron chi connectivity index (χ3n) is 4.58. The van der Waals surface area contributed by atoms with Gasteiger partial charge in [0, 0.05) is 12.7 Å². The number of rotatable bonds is 6. The molecule has 3 aromatic carbocycles. The van der Waals surface area contributed by atoms with Crippen LogP contribution >= 0.6 is 0 Å². The Morgan fingerprint density at radius 2 is 1.24 bits per heavy atom. The molecule has 0 N–H and O–H groups in total. The Morgan fingerprint density at radius 1 is 0.793 bits per heavy atom. The maximum atomic E-state index is 10.8. The van der Waals surface area contributed by atoms with Gasteiger partial charge in [-0.2, -0.15) is 10.5 Å². The molecule has 4 heteroatoms. The predicted octanol–water partition coefficient (Wildman–Crippen LogP) is 5.27. The molecule has 0 amide bonds. The first-order valence-corrected chi connectivity index (χ1v) is 8.99. The summed E-state index contributed by atoms with van der Waals surface area (Å²) in [6.07, 6.45) is 0.808. The van der Waals surface area contributed by atoms with E-state index in [0.717, 1.165) is 23.0 Å². The van der Waals surface area contributed by atoms with Crippen molar-refractivity contribution in [3.63, 3.8) is 0 Å². The van der Waals surface area contributed by atoms with Gasteiger partial charge in [-0.1, -0.05) is 72.8 Å². The normalized spacial score (nSPS) is 11.1. The van der Waals surface area contributed by atoms with E-state index in [1.54, 1.807) is 19.2 Å². The molecule has 0 heterocycles. The summed E-state index contributed by atoms with van der Waals surface area (Å²) in [5.41, 5.74) is 5.59. The second-order valence-corrected chi connectivity index (χ2v) is 6.42. The molecule has 0 radical (unpaired) electrons. The summed E-state index contributed by atoms with van der Waals surface area (Å²) in [7, 11) is 1.63. The van der Waals surface area contributed by atoms with Crippen LogP contribution in [-0.2, 0) is 11.3 Å². The first-order valence-electron chi connectivity index (χ1n) is 8.99. The average Bonchev–Trinajstić information content (AvgIpc) is 2.78. The van der Waals surface area contributed by atoms with Crippen LogP contribution in [0.3, 0.4) is 0 Å². The number of aldehydes is 1. The fraction of sp³-hybridized carbons (Fsp3) is 0.0800. The van der Waals surface area contributed by atoms with Crippen LogP contribution in [0.4, 0.5) is 0 Å². The van der Waals surface area contributed by atoms with Gasteiger partial charge in [-0.15, -0.1) is 0 Å². The third-order valence-corrected chi connectivity index (χ3v) is 4.58. The van der Waals surface area contributed by atoms with Gasteiger partial charge in [0.15, 0.2) is 0 Å². The molecule has 0 unspecified atom stereocenters. The number of methoxy groups -OCH3 is 1. The second-order valence-electron chi connectivity index (χ2n) is 6.42. The zero-order valence-corrected chi connectivity index (χ0v) is 15.9. The molecule has 0 bridgehead atoms. The fourth-order valence-electron chi connectivity index (χ4n) is 3.05. The Kier molecular flexibility index (Phi) is 6.32. The van der Waals surface area contributed by atoms with E-state index < -0.39 is 0 Å². The van der Waals surface area contributed by atoms with Crippen LogP contribution < -0.4 is 0 Å². The quantitative estimate of drug-likeness (QED) is 0.333. The molecule has 140 valence electrons. The number of carbonyl (C=O) groups excluding carboxylic acids is 1. The van der Waals surface area contributed by atoms with Gasteiger partial charge in [-0.25, -0.2) is 0 Å². The highest BCUT2D eigenvalue weighted by Gasteiger charge is 2.12. The van der Waals surface area contributed by atoms with E-state index in [0.29, 0.717) is 34.4 Å². The highest BCUT2D eigenvalue weighted by atomic mass is 16.5. The van der Waals surface area contributed by atoms with E-state index in [-0.39, 0.29) is 0 Å². The van der Waals surface area contributed by atoms with Crippen LogP contribution in [0.15, 0.2) is 72.8 Å². The molecular formula is C25H18N2O2. The fourth-order valence-corrected chi connectivity index (χ4v) is 3.05. The Bertz CT molecular complexity index is 1110. The van der Waals surface area contributed by atoms with Crippen LogP contribution in [0.25, 0.3) is 22.3 Å². The van der Waals surface area contributed by atoms with Gasteiger partial charge < -0.3 is 4.74 Å². The summed E-state index contributed by atoms with van der Waals surface area (Å²) in [4.78, 5) is 10.8. The van der Waals surface area contributed by atoms with Crippen molar-refractivity contribution in [2.24, 2.45) is 0 Å². The second kappa shape index (κ2) is 9.28. The smallest absolute Gasteiger partial charge is 0.150 e. The molecule has 29 heavy (non-hydrogen) atoms. The molecule has 0 spiro atoms. The van der Waals surface area contributed by atoms with Crippen molar-refractivity contribution in [1.82, 2.24) is 0 Å². The van der Waals surface area contributed by atoms with E-state index in [9.17, 15) is 15.3 Å². The lowest BCUT2D eigenvalue weighted by Gasteiger charge is -2.08. The van der Waals surface area contributed by atoms with E-state index >= 15 is 0 Å². The maximum Gasteiger partial charge on any atom is 0.150 e. The van der Waals surface area contributed by atoms with Crippen molar-refractivity contribution in [2.75, 3.05) is 7.11 Å². The standard InChI is InChI=1S/C25H18N2O2/c1-29-17-19-4-8-22(9-5-19)24(14-26)25(15-27)23-12-10-21(11-13-23)20-6-2-18(16-28)3-7-20/h2-13,16H,17H2,1H3/b25-24+. The molecule has 0 saturated carbocycles. The number of benzene rings is 3. The molecule has 4 nitrogen and oxygen atoms in total. The zero-order chi connectivity index (χ0) is 20.6. The van der Waals surface area contributed by atoms with Crippen LogP contribution in [-0.4, -0.2) is 13.4 Å². The van der Waals surface area contributed by atoms with Gasteiger partial charge in [0.2, 0.25) is 0 Å². The number of nitrogens with zero attached hydrogens (tertiary/aromatic N) is 2. The predicted molar refractivity (Wildman–Crippen MR) is 112 cm³/mol. The molecule has 0 aliphatic rings. The first kappa shape index (κ1) is 19.8. The molecule has 0 saturated heterocycles. The van der Waals surface area contributed by atoms with E-state index in [4.69, 9.17) is 4.74 Å². The molecule has 0 fully saturated rings. The van der Waals surface area contributed by atoms with Crippen LogP contribution in [0, 0.1) is 22.7 Å². The van der Waals surface area contributed by atoms with Gasteiger partial charge in [0.1, 0.15) is 18.4 Å². The molecule has 0 aliphatic heterocycles. The summed E-state index contributed by atoms with van der Waals surface area (Å²) < 4.78 is 5.11. The lowest BCUT2D eigenvalue weighted by atomic mass is 9.94. The third kappa shape index (κ3) is 4.47. The zero-order valence-electron chi connectivity index (χ0n) is 15.9. The van der Waals surface area contributed by atoms with Gasteiger partial charge >= 0.3 is 0 Å². The lowest BCUT2D eigenvalue weighted by Crippen LogP contribution is -1.92. The van der Waals surface area contributed by atoms with Crippen molar-refractivity contribution in [2.45, 2.75) is 6.61 Å². The van der Waals surface area contributed by atoms with Crippen LogP contribution in [0.2, 0.25) is 0 Å². The van der Waals surface area contributed by atoms with Crippen molar-refractivity contribution in [1.29, 1.82) is 10.5 Å². The van der Waals surface area contributed by atoms with E-state index in [1.165, 1.54) is 0 Å². The first-order chi connectivity index (χ1) is 14.2. The Morgan fingerprint density at radius 3 is 1.66 bits per heavy atom. The molecule has 3 aromatic rings. The van der Waals surface area contributed by atoms with Gasteiger partial charge in [-0.05, 0) is 27.8 Å². The number of hydrogen-bond acceptors (Lipinski definition) is 4. The van der Waals surface area contributed by atoms with Gasteiger partial charge in [0.25, 0.3) is 0 Å². The molecule has 0 aliphatic carbocycles. The summed E-state index contributed by atoms with van der Waals surface area (Å²) >= 11 is 0. The van der Waals surface area contributed by atoms with E-state index in [2.05, 4.69) is 12.1 Å². The minimum atomic E-state index is 0.329. The van der Waals surface area contributed by atoms with Gasteiger partial charge in [-0.3, -0.25) is 4.79 Å². The lowest BCUT2D eigenvalue weighted by molar-refractivity contribution is 0.112. The number of hydrogen-bond donors (Lipinski definition) is 0. The number of allylic oxidation sites excluding steroid dienone is 2. The minimum absolute atomic E-state index is 0.329. The summed E-state index contributed by atoms with van der Waals surface area (Å²) in [6.45, 7) is 0.492. The van der Waals surface area contributed by atoms with Crippen molar-refractivity contribution >= 4 is 17.4 Å². The van der Waals surface area contributed by atoms with Gasteiger partial charge in [0.05, 0.1) is 17.8 Å². The molecule has 0 atom stereocenters. The van der Waals surface area contributed by atoms with E-state index in [1.807, 2.05) is 60.7 Å². The topological polar surface area (TPSA) is 73.9 Å². The number of carbonyl (C=O) groups is 1. The molecular weight excluding hydrogens is 360 g/mol. The summed E-state index contributed by atoms with van der Waals surface area (Å²) in [6, 6.07) is 26.5. The number of nitriles is 2. The molecule has 3 rings (SSSR count).